The van der Waals surface area contributed by atoms with E-state index < -0.39 is 6.36 Å². The van der Waals surface area contributed by atoms with Gasteiger partial charge >= 0.3 is 6.36 Å². The minimum absolute atomic E-state index is 0.151. The Morgan fingerprint density at radius 3 is 2.74 bits per heavy atom. The first-order valence-electron chi connectivity index (χ1n) is 9.27. The molecule has 8 nitrogen and oxygen atoms in total. The average molecular weight is 434 g/mol. The number of nitrogens with zero attached hydrogens (tertiary/aromatic N) is 3. The summed E-state index contributed by atoms with van der Waals surface area (Å²) < 4.78 is 47.6. The lowest BCUT2D eigenvalue weighted by atomic mass is 10.2. The minimum atomic E-state index is -4.74. The molecule has 0 saturated carbocycles. The van der Waals surface area contributed by atoms with E-state index in [9.17, 15) is 18.0 Å². The highest BCUT2D eigenvalue weighted by Gasteiger charge is 2.31. The first-order chi connectivity index (χ1) is 14.9. The molecule has 0 aliphatic carbocycles. The van der Waals surface area contributed by atoms with Crippen molar-refractivity contribution in [2.75, 3.05) is 13.2 Å². The number of nitrogens with one attached hydrogen (secondary N) is 1. The summed E-state index contributed by atoms with van der Waals surface area (Å²) in [6.45, 7) is 0.374. The summed E-state index contributed by atoms with van der Waals surface area (Å²) in [4.78, 5) is 21.7. The van der Waals surface area contributed by atoms with Gasteiger partial charge in [-0.1, -0.05) is 5.16 Å². The maximum atomic E-state index is 12.3. The van der Waals surface area contributed by atoms with Crippen molar-refractivity contribution in [3.05, 3.63) is 60.6 Å². The highest BCUT2D eigenvalue weighted by Crippen LogP contribution is 2.25. The molecule has 0 saturated heterocycles. The fourth-order valence-electron chi connectivity index (χ4n) is 2.95. The molecule has 1 atom stereocenters. The Morgan fingerprint density at radius 1 is 1.19 bits per heavy atom. The van der Waals surface area contributed by atoms with Crippen LogP contribution >= 0.6 is 0 Å². The summed E-state index contributed by atoms with van der Waals surface area (Å²) in [5.41, 5.74) is 1.89. The van der Waals surface area contributed by atoms with Crippen LogP contribution in [0.4, 0.5) is 13.2 Å². The van der Waals surface area contributed by atoms with Crippen LogP contribution in [0.3, 0.4) is 0 Å². The number of benzene rings is 1. The second-order valence-electron chi connectivity index (χ2n) is 6.71. The van der Waals surface area contributed by atoms with E-state index in [1.165, 1.54) is 12.1 Å². The van der Waals surface area contributed by atoms with Crippen LogP contribution < -0.4 is 14.8 Å². The summed E-state index contributed by atoms with van der Waals surface area (Å²) in [6.07, 6.45) is 0.440. The van der Waals surface area contributed by atoms with Gasteiger partial charge in [0.1, 0.15) is 23.8 Å². The van der Waals surface area contributed by atoms with Crippen LogP contribution in [0.1, 0.15) is 16.8 Å². The number of fused-ring (bicyclic) bond motifs is 1. The second-order valence-corrected chi connectivity index (χ2v) is 6.71. The molecule has 0 fully saturated rings. The van der Waals surface area contributed by atoms with E-state index in [1.807, 2.05) is 0 Å². The maximum Gasteiger partial charge on any atom is 0.573 e. The quantitative estimate of drug-likeness (QED) is 0.617. The number of hydrogen-bond donors (Lipinski definition) is 1. The minimum Gasteiger partial charge on any atom is -0.490 e. The average Bonchev–Trinajstić information content (AvgIpc) is 3.39. The van der Waals surface area contributed by atoms with Crippen molar-refractivity contribution in [3.8, 4) is 11.5 Å². The molecule has 1 unspecified atom stereocenters. The third-order valence-electron chi connectivity index (χ3n) is 4.39. The Kier molecular flexibility index (Phi) is 5.65. The smallest absolute Gasteiger partial charge is 0.490 e. The number of imidazole rings is 1. The first-order valence-corrected chi connectivity index (χ1v) is 9.27. The number of alkyl halides is 3. The molecule has 162 valence electrons. The van der Waals surface area contributed by atoms with Gasteiger partial charge in [0.05, 0.1) is 17.8 Å². The van der Waals surface area contributed by atoms with E-state index in [1.54, 1.807) is 35.1 Å². The molecule has 1 aromatic carbocycles. The number of aromatic nitrogens is 2. The molecule has 0 radical (unpaired) electrons. The molecule has 11 heteroatoms. The molecule has 1 aliphatic heterocycles. The molecule has 1 amide bonds. The highest BCUT2D eigenvalue weighted by atomic mass is 19.4. The van der Waals surface area contributed by atoms with Crippen molar-refractivity contribution in [3.63, 3.8) is 0 Å². The van der Waals surface area contributed by atoms with Gasteiger partial charge in [-0.3, -0.25) is 4.79 Å². The zero-order chi connectivity index (χ0) is 21.8. The van der Waals surface area contributed by atoms with Crippen molar-refractivity contribution >= 4 is 17.3 Å². The Hall–Kier alpha value is -3.76. The van der Waals surface area contributed by atoms with Gasteiger partial charge in [-0.25, -0.2) is 4.98 Å². The van der Waals surface area contributed by atoms with Gasteiger partial charge in [0.25, 0.3) is 5.91 Å². The number of hydrogen-bond acceptors (Lipinski definition) is 6. The van der Waals surface area contributed by atoms with Crippen LogP contribution in [0.5, 0.6) is 11.5 Å². The standard InChI is InChI=1S/C20H17F3N4O4/c21-20(22,23)30-16-4-2-15(3-5-16)29-12-17-9-14(26-31-17)10-25-19(28)13-1-6-18-24-7-8-27(18)11-13/h1-8,11,17H,9-10,12H2,(H,25,28). The SMILES string of the molecule is O=C(NCC1=NOC(COc2ccc(OC(F)(F)F)cc2)C1)c1ccc2nccn2c1. The normalized spacial score (nSPS) is 16.0. The van der Waals surface area contributed by atoms with Crippen molar-refractivity contribution < 1.29 is 32.3 Å². The summed E-state index contributed by atoms with van der Waals surface area (Å²) in [5, 5.41) is 6.74. The predicted octanol–water partition coefficient (Wildman–Crippen LogP) is 3.19. The number of carbonyl (C=O) groups is 1. The lowest BCUT2D eigenvalue weighted by molar-refractivity contribution is -0.274. The number of amides is 1. The molecular formula is C20H17F3N4O4. The van der Waals surface area contributed by atoms with Gasteiger partial charge in [0.2, 0.25) is 0 Å². The Morgan fingerprint density at radius 2 is 1.97 bits per heavy atom. The van der Waals surface area contributed by atoms with Gasteiger partial charge in [0.15, 0.2) is 6.10 Å². The Balaban J connectivity index is 1.21. The third kappa shape index (κ3) is 5.44. The third-order valence-corrected chi connectivity index (χ3v) is 4.39. The van der Waals surface area contributed by atoms with Crippen LogP contribution in [0.15, 0.2) is 60.1 Å². The van der Waals surface area contributed by atoms with Crippen LogP contribution in [0.25, 0.3) is 5.65 Å². The topological polar surface area (TPSA) is 86.5 Å². The Labute approximate surface area is 174 Å². The van der Waals surface area contributed by atoms with E-state index >= 15 is 0 Å². The molecule has 3 heterocycles. The number of ether oxygens (including phenoxy) is 2. The lowest BCUT2D eigenvalue weighted by Crippen LogP contribution is -2.30. The fraction of sp³-hybridized carbons (Fsp3) is 0.250. The zero-order valence-corrected chi connectivity index (χ0v) is 16.0. The number of rotatable bonds is 7. The van der Waals surface area contributed by atoms with Crippen molar-refractivity contribution in [2.24, 2.45) is 5.16 Å². The summed E-state index contributed by atoms with van der Waals surface area (Å²) >= 11 is 0. The van der Waals surface area contributed by atoms with Gasteiger partial charge < -0.3 is 24.0 Å². The van der Waals surface area contributed by atoms with Crippen LogP contribution in [0.2, 0.25) is 0 Å². The lowest BCUT2D eigenvalue weighted by Gasteiger charge is -2.12. The van der Waals surface area contributed by atoms with Gasteiger partial charge in [-0.15, -0.1) is 13.2 Å². The molecule has 2 aromatic heterocycles. The van der Waals surface area contributed by atoms with Crippen molar-refractivity contribution in [1.29, 1.82) is 0 Å². The summed E-state index contributed by atoms with van der Waals surface area (Å²) in [7, 11) is 0. The molecule has 0 bridgehead atoms. The zero-order valence-electron chi connectivity index (χ0n) is 16.0. The van der Waals surface area contributed by atoms with E-state index in [-0.39, 0.29) is 30.9 Å². The molecule has 3 aromatic rings. The Bertz CT molecular complexity index is 1100. The van der Waals surface area contributed by atoms with Crippen molar-refractivity contribution in [1.82, 2.24) is 14.7 Å². The van der Waals surface area contributed by atoms with Crippen LogP contribution in [-0.2, 0) is 4.84 Å². The van der Waals surface area contributed by atoms with Gasteiger partial charge in [-0.05, 0) is 36.4 Å². The summed E-state index contributed by atoms with van der Waals surface area (Å²) in [5.74, 6) is -0.209. The van der Waals surface area contributed by atoms with E-state index in [0.29, 0.717) is 23.4 Å². The van der Waals surface area contributed by atoms with Gasteiger partial charge in [0, 0.05) is 25.0 Å². The number of halogens is 3. The highest BCUT2D eigenvalue weighted by molar-refractivity contribution is 5.98. The molecule has 0 spiro atoms. The van der Waals surface area contributed by atoms with Crippen molar-refractivity contribution in [2.45, 2.75) is 18.9 Å². The van der Waals surface area contributed by atoms with Crippen LogP contribution in [-0.4, -0.2) is 46.6 Å². The van der Waals surface area contributed by atoms with E-state index in [0.717, 1.165) is 17.8 Å². The van der Waals surface area contributed by atoms with E-state index in [2.05, 4.69) is 20.2 Å². The second kappa shape index (κ2) is 8.54. The molecule has 1 N–H and O–H groups in total. The molecule has 31 heavy (non-hydrogen) atoms. The van der Waals surface area contributed by atoms with E-state index in [4.69, 9.17) is 9.57 Å². The molecular weight excluding hydrogens is 417 g/mol. The number of oxime groups is 1. The predicted molar refractivity (Wildman–Crippen MR) is 103 cm³/mol. The molecule has 1 aliphatic rings. The largest absolute Gasteiger partial charge is 0.573 e. The fourth-order valence-corrected chi connectivity index (χ4v) is 2.95. The van der Waals surface area contributed by atoms with Gasteiger partial charge in [-0.2, -0.15) is 0 Å². The number of carbonyl (C=O) groups excluding carboxylic acids is 1. The van der Waals surface area contributed by atoms with Crippen LogP contribution in [0, 0.1) is 0 Å². The molecule has 4 rings (SSSR count). The first kappa shape index (κ1) is 20.5. The maximum absolute atomic E-state index is 12.3. The number of pyridine rings is 1. The monoisotopic (exact) mass is 434 g/mol. The summed E-state index contributed by atoms with van der Waals surface area (Å²) in [6, 6.07) is 8.50.